The summed E-state index contributed by atoms with van der Waals surface area (Å²) in [5, 5.41) is 18.0. The van der Waals surface area contributed by atoms with Crippen LogP contribution in [0.15, 0.2) is 70.3 Å². The number of anilines is 1. The van der Waals surface area contributed by atoms with E-state index in [0.717, 1.165) is 0 Å². The number of halogens is 2. The van der Waals surface area contributed by atoms with E-state index < -0.39 is 41.5 Å². The predicted molar refractivity (Wildman–Crippen MR) is 191 cm³/mol. The fraction of sp³-hybridized carbons (Fsp3) is 0.371. The van der Waals surface area contributed by atoms with Crippen molar-refractivity contribution in [2.45, 2.75) is 44.5 Å². The molecule has 0 aliphatic carbocycles. The zero-order valence-corrected chi connectivity index (χ0v) is 30.3. The first-order valence-electron chi connectivity index (χ1n) is 16.4. The van der Waals surface area contributed by atoms with Crippen LogP contribution < -0.4 is 15.5 Å². The second kappa shape index (κ2) is 14.9. The Morgan fingerprint density at radius 3 is 2.54 bits per heavy atom. The number of fused-ring (bicyclic) bond motifs is 1. The minimum Gasteiger partial charge on any atom is -0.479 e. The molecule has 3 atom stereocenters. The van der Waals surface area contributed by atoms with Gasteiger partial charge in [0.1, 0.15) is 17.5 Å². The van der Waals surface area contributed by atoms with Crippen molar-refractivity contribution in [1.82, 2.24) is 25.4 Å². The van der Waals surface area contributed by atoms with Gasteiger partial charge in [0.2, 0.25) is 0 Å². The lowest BCUT2D eigenvalue weighted by molar-refractivity contribution is -0.139. The number of amidine groups is 1. The SMILES string of the molecule is COC(=O)C1=C(CN2CCN3C(=O)N(c4ccc(C(NC(=O)OC(C)(C)C)C(=O)O)cc4)CC3C2)NC(c2nccs2)=NC1c1ccc(F)cc1Cl. The minimum absolute atomic E-state index is 0.110. The number of amides is 3. The predicted octanol–water partition coefficient (Wildman–Crippen LogP) is 4.73. The molecule has 4 heterocycles. The quantitative estimate of drug-likeness (QED) is 0.260. The number of rotatable bonds is 9. The molecule has 17 heteroatoms. The maximum absolute atomic E-state index is 14.0. The number of aromatic nitrogens is 1. The minimum atomic E-state index is -1.35. The van der Waals surface area contributed by atoms with Gasteiger partial charge in [-0.1, -0.05) is 29.8 Å². The molecular formula is C35H37ClFN7O7S. The van der Waals surface area contributed by atoms with Gasteiger partial charge in [-0.3, -0.25) is 14.8 Å². The summed E-state index contributed by atoms with van der Waals surface area (Å²) in [7, 11) is 1.28. The third kappa shape index (κ3) is 7.88. The number of aliphatic carboxylic acids is 1. The molecule has 2 saturated heterocycles. The Kier molecular flexibility index (Phi) is 10.5. The van der Waals surface area contributed by atoms with E-state index in [9.17, 15) is 28.7 Å². The van der Waals surface area contributed by atoms with E-state index in [0.29, 0.717) is 59.5 Å². The van der Waals surface area contributed by atoms with Crippen LogP contribution in [0, 0.1) is 5.82 Å². The molecule has 52 heavy (non-hydrogen) atoms. The number of hydrogen-bond donors (Lipinski definition) is 3. The summed E-state index contributed by atoms with van der Waals surface area (Å²) in [6.45, 7) is 7.07. The standard InChI is InChI=1S/C35H37ClFN7O7S/c1-35(2,3)51-33(48)41-27(31(45)46)19-5-8-21(9-6-19)44-17-22-16-42(12-13-43(22)34(44)49)18-25-26(32(47)50-4)28(23-10-7-20(37)15-24(23)36)40-29(39-25)30-38-11-14-52-30/h5-11,14-15,22,27-28H,12-13,16-18H2,1-4H3,(H,39,40)(H,41,48)(H,45,46). The molecule has 0 radical (unpaired) electrons. The number of urea groups is 1. The molecule has 3 N–H and O–H groups in total. The molecule has 3 unspecified atom stereocenters. The molecular weight excluding hydrogens is 717 g/mol. The second-order valence-electron chi connectivity index (χ2n) is 13.4. The van der Waals surface area contributed by atoms with Gasteiger partial charge in [0.05, 0.1) is 18.7 Å². The number of carbonyl (C=O) groups is 4. The maximum Gasteiger partial charge on any atom is 0.408 e. The first kappa shape index (κ1) is 36.7. The van der Waals surface area contributed by atoms with E-state index in [-0.39, 0.29) is 29.2 Å². The number of aliphatic imine (C=N–C) groups is 1. The van der Waals surface area contributed by atoms with Crippen molar-refractivity contribution in [3.63, 3.8) is 0 Å². The van der Waals surface area contributed by atoms with Crippen molar-refractivity contribution in [3.8, 4) is 0 Å². The van der Waals surface area contributed by atoms with E-state index in [4.69, 9.17) is 26.1 Å². The van der Waals surface area contributed by atoms with Crippen molar-refractivity contribution in [1.29, 1.82) is 0 Å². The van der Waals surface area contributed by atoms with Crippen molar-refractivity contribution >= 4 is 58.5 Å². The Morgan fingerprint density at radius 2 is 1.90 bits per heavy atom. The summed E-state index contributed by atoms with van der Waals surface area (Å²) in [5.74, 6) is -1.98. The molecule has 3 aliphatic heterocycles. The summed E-state index contributed by atoms with van der Waals surface area (Å²) in [5.41, 5.74) is 1.26. The van der Waals surface area contributed by atoms with Crippen LogP contribution in [0.25, 0.3) is 0 Å². The smallest absolute Gasteiger partial charge is 0.408 e. The number of ether oxygens (including phenoxy) is 2. The molecule has 0 saturated carbocycles. The van der Waals surface area contributed by atoms with Crippen LogP contribution in [-0.4, -0.2) is 101 Å². The largest absolute Gasteiger partial charge is 0.479 e. The average molecular weight is 754 g/mol. The highest BCUT2D eigenvalue weighted by Crippen LogP contribution is 2.37. The van der Waals surface area contributed by atoms with Crippen LogP contribution in [0.4, 0.5) is 19.7 Å². The first-order chi connectivity index (χ1) is 24.7. The van der Waals surface area contributed by atoms with Crippen molar-refractivity contribution in [2.24, 2.45) is 4.99 Å². The third-order valence-electron chi connectivity index (χ3n) is 8.69. The van der Waals surface area contributed by atoms with Crippen molar-refractivity contribution in [2.75, 3.05) is 44.7 Å². The number of nitrogens with one attached hydrogen (secondary N) is 2. The number of carboxylic acid groups (broad SMARTS) is 1. The number of carboxylic acids is 1. The number of hydrogen-bond acceptors (Lipinski definition) is 11. The van der Waals surface area contributed by atoms with Gasteiger partial charge in [-0.15, -0.1) is 11.3 Å². The number of benzene rings is 2. The van der Waals surface area contributed by atoms with Crippen molar-refractivity contribution < 1.29 is 38.1 Å². The Labute approximate surface area is 307 Å². The number of thiazole rings is 1. The molecule has 0 bridgehead atoms. The van der Waals surface area contributed by atoms with Gasteiger partial charge in [0.25, 0.3) is 0 Å². The Hall–Kier alpha value is -5.06. The van der Waals surface area contributed by atoms with Gasteiger partial charge in [-0.05, 0) is 50.6 Å². The molecule has 2 aromatic carbocycles. The first-order valence-corrected chi connectivity index (χ1v) is 17.6. The number of nitrogens with zero attached hydrogens (tertiary/aromatic N) is 5. The molecule has 274 valence electrons. The zero-order valence-electron chi connectivity index (χ0n) is 28.8. The van der Waals surface area contributed by atoms with Crippen molar-refractivity contribution in [3.05, 3.63) is 92.3 Å². The molecule has 3 aliphatic rings. The monoisotopic (exact) mass is 753 g/mol. The molecule has 2 fully saturated rings. The zero-order chi connectivity index (χ0) is 37.3. The highest BCUT2D eigenvalue weighted by Gasteiger charge is 2.42. The highest BCUT2D eigenvalue weighted by molar-refractivity contribution is 7.11. The van der Waals surface area contributed by atoms with Gasteiger partial charge >= 0.3 is 24.1 Å². The summed E-state index contributed by atoms with van der Waals surface area (Å²) in [4.78, 5) is 65.9. The number of piperazine rings is 1. The summed E-state index contributed by atoms with van der Waals surface area (Å²) >= 11 is 7.85. The third-order valence-corrected chi connectivity index (χ3v) is 9.80. The lowest BCUT2D eigenvalue weighted by Gasteiger charge is -2.38. The molecule has 3 amide bonds. The Bertz CT molecular complexity index is 1930. The maximum atomic E-state index is 14.0. The summed E-state index contributed by atoms with van der Waals surface area (Å²) < 4.78 is 24.5. The lowest BCUT2D eigenvalue weighted by atomic mass is 9.95. The average Bonchev–Trinajstić information content (AvgIpc) is 3.74. The molecule has 3 aromatic rings. The van der Waals surface area contributed by atoms with E-state index in [2.05, 4.69) is 20.5 Å². The van der Waals surface area contributed by atoms with Crippen LogP contribution >= 0.6 is 22.9 Å². The normalized spacial score (nSPS) is 19.8. The summed E-state index contributed by atoms with van der Waals surface area (Å²) in [6.07, 6.45) is 0.782. The van der Waals surface area contributed by atoms with E-state index in [1.54, 1.807) is 66.4 Å². The number of esters is 1. The van der Waals surface area contributed by atoms with Gasteiger partial charge in [-0.2, -0.15) is 0 Å². The molecule has 1 aromatic heterocycles. The highest BCUT2D eigenvalue weighted by atomic mass is 35.5. The van der Waals surface area contributed by atoms with Crippen LogP contribution in [0.3, 0.4) is 0 Å². The fourth-order valence-electron chi connectivity index (χ4n) is 6.38. The Morgan fingerprint density at radius 1 is 1.15 bits per heavy atom. The van der Waals surface area contributed by atoms with E-state index in [1.165, 1.54) is 36.6 Å². The van der Waals surface area contributed by atoms with Gasteiger partial charge in [0.15, 0.2) is 16.9 Å². The van der Waals surface area contributed by atoms with E-state index >= 15 is 0 Å². The number of carbonyl (C=O) groups excluding carboxylic acids is 3. The summed E-state index contributed by atoms with van der Waals surface area (Å²) in [6, 6.07) is 7.72. The molecule has 14 nitrogen and oxygen atoms in total. The molecule has 0 spiro atoms. The molecule has 6 rings (SSSR count). The lowest BCUT2D eigenvalue weighted by Crippen LogP contribution is -2.53. The number of alkyl carbamates (subject to hydrolysis) is 1. The van der Waals surface area contributed by atoms with Crippen LogP contribution in [0.2, 0.25) is 5.02 Å². The van der Waals surface area contributed by atoms with E-state index in [1.807, 2.05) is 0 Å². The fourth-order valence-corrected chi connectivity index (χ4v) is 7.24. The van der Waals surface area contributed by atoms with Crippen LogP contribution in [0.5, 0.6) is 0 Å². The van der Waals surface area contributed by atoms with Gasteiger partial charge < -0.3 is 30.1 Å². The topological polar surface area (TPSA) is 166 Å². The number of methoxy groups -OCH3 is 1. The Balaban J connectivity index is 1.20. The second-order valence-corrected chi connectivity index (χ2v) is 14.7. The van der Waals surface area contributed by atoms with Crippen LogP contribution in [-0.2, 0) is 19.1 Å². The van der Waals surface area contributed by atoms with Crippen LogP contribution in [0.1, 0.15) is 49.0 Å². The van der Waals surface area contributed by atoms with Gasteiger partial charge in [0, 0.05) is 66.3 Å². The van der Waals surface area contributed by atoms with Gasteiger partial charge in [-0.25, -0.2) is 28.6 Å².